The summed E-state index contributed by atoms with van der Waals surface area (Å²) in [6.45, 7) is 11.4. The Labute approximate surface area is 181 Å². The van der Waals surface area contributed by atoms with Crippen LogP contribution in [0.3, 0.4) is 0 Å². The van der Waals surface area contributed by atoms with Crippen LogP contribution in [0.4, 0.5) is 0 Å². The first-order chi connectivity index (χ1) is 14.4. The summed E-state index contributed by atoms with van der Waals surface area (Å²) < 4.78 is 5.56. The number of nitrogens with zero attached hydrogens (tertiary/aromatic N) is 1. The highest BCUT2D eigenvalue weighted by atomic mass is 16.5. The van der Waals surface area contributed by atoms with Gasteiger partial charge in [-0.25, -0.2) is 0 Å². The van der Waals surface area contributed by atoms with Crippen LogP contribution in [0.25, 0.3) is 0 Å². The van der Waals surface area contributed by atoms with Crippen molar-refractivity contribution in [1.82, 2.24) is 10.2 Å². The van der Waals surface area contributed by atoms with Gasteiger partial charge >= 0.3 is 0 Å². The smallest absolute Gasteiger partial charge is 0.223 e. The highest BCUT2D eigenvalue weighted by Gasteiger charge is 2.26. The topological polar surface area (TPSA) is 41.6 Å². The van der Waals surface area contributed by atoms with E-state index in [-0.39, 0.29) is 17.9 Å². The van der Waals surface area contributed by atoms with Crippen molar-refractivity contribution in [3.05, 3.63) is 64.7 Å². The summed E-state index contributed by atoms with van der Waals surface area (Å²) in [5, 5.41) is 3.28. The normalized spacial score (nSPS) is 16.5. The maximum absolute atomic E-state index is 12.9. The molecule has 162 valence electrons. The number of hydrogen-bond acceptors (Lipinski definition) is 3. The zero-order valence-electron chi connectivity index (χ0n) is 19.1. The van der Waals surface area contributed by atoms with E-state index in [0.29, 0.717) is 5.92 Å². The lowest BCUT2D eigenvalue weighted by Crippen LogP contribution is -2.41. The average molecular weight is 409 g/mol. The molecule has 1 amide bonds. The zero-order chi connectivity index (χ0) is 21.7. The fraction of sp³-hybridized carbons (Fsp3) is 0.500. The highest BCUT2D eigenvalue weighted by Crippen LogP contribution is 2.32. The fourth-order valence-electron chi connectivity index (χ4n) is 4.41. The Hall–Kier alpha value is -2.33. The Morgan fingerprint density at radius 1 is 1.10 bits per heavy atom. The van der Waals surface area contributed by atoms with Crippen LogP contribution >= 0.6 is 0 Å². The van der Waals surface area contributed by atoms with E-state index in [2.05, 4.69) is 80.4 Å². The molecule has 1 unspecified atom stereocenters. The quantitative estimate of drug-likeness (QED) is 0.683. The first-order valence-electron chi connectivity index (χ1n) is 11.1. The molecule has 0 radical (unpaired) electrons. The van der Waals surface area contributed by atoms with Crippen LogP contribution < -0.4 is 10.1 Å². The number of carbonyl (C=O) groups is 1. The molecule has 1 heterocycles. The molecule has 0 aromatic heterocycles. The number of ether oxygens (including phenoxy) is 1. The predicted octanol–water partition coefficient (Wildman–Crippen LogP) is 5.22. The number of rotatable bonds is 7. The number of aryl methyl sites for hydroxylation is 1. The average Bonchev–Trinajstić information content (AvgIpc) is 2.74. The molecule has 4 heteroatoms. The van der Waals surface area contributed by atoms with E-state index in [0.717, 1.165) is 43.8 Å². The summed E-state index contributed by atoms with van der Waals surface area (Å²) in [6, 6.07) is 14.8. The molecule has 1 N–H and O–H groups in total. The summed E-state index contributed by atoms with van der Waals surface area (Å²) in [5.74, 6) is 1.58. The number of piperidine rings is 1. The van der Waals surface area contributed by atoms with E-state index in [9.17, 15) is 4.79 Å². The van der Waals surface area contributed by atoms with Gasteiger partial charge in [0.05, 0.1) is 13.2 Å². The molecule has 3 rings (SSSR count). The number of amides is 1. The predicted molar refractivity (Wildman–Crippen MR) is 123 cm³/mol. The Morgan fingerprint density at radius 2 is 1.77 bits per heavy atom. The van der Waals surface area contributed by atoms with Gasteiger partial charge in [0.15, 0.2) is 0 Å². The van der Waals surface area contributed by atoms with Gasteiger partial charge in [0.2, 0.25) is 5.91 Å². The van der Waals surface area contributed by atoms with Crippen LogP contribution in [-0.2, 0) is 11.3 Å². The number of likely N-dealkylation sites (tertiary alicyclic amines) is 1. The van der Waals surface area contributed by atoms with Crippen molar-refractivity contribution in [3.8, 4) is 5.75 Å². The molecular formula is C26H36N2O2. The Bertz CT molecular complexity index is 840. The largest absolute Gasteiger partial charge is 0.496 e. The third-order valence-electron chi connectivity index (χ3n) is 6.27. The molecule has 2 aromatic carbocycles. The third kappa shape index (κ3) is 5.42. The lowest BCUT2D eigenvalue weighted by Gasteiger charge is -2.32. The second kappa shape index (κ2) is 10.1. The van der Waals surface area contributed by atoms with Crippen molar-refractivity contribution in [2.45, 2.75) is 59.0 Å². The molecule has 30 heavy (non-hydrogen) atoms. The molecular weight excluding hydrogens is 372 g/mol. The Morgan fingerprint density at radius 3 is 2.37 bits per heavy atom. The summed E-state index contributed by atoms with van der Waals surface area (Å²) in [7, 11) is 1.72. The monoisotopic (exact) mass is 408 g/mol. The van der Waals surface area contributed by atoms with Crippen LogP contribution in [0.1, 0.15) is 67.8 Å². The number of benzene rings is 2. The molecule has 1 atom stereocenters. The van der Waals surface area contributed by atoms with Gasteiger partial charge in [-0.05, 0) is 80.1 Å². The van der Waals surface area contributed by atoms with Crippen molar-refractivity contribution in [3.63, 3.8) is 0 Å². The van der Waals surface area contributed by atoms with Gasteiger partial charge < -0.3 is 10.1 Å². The molecule has 0 spiro atoms. The van der Waals surface area contributed by atoms with Crippen LogP contribution in [0.15, 0.2) is 42.5 Å². The Balaban J connectivity index is 1.58. The van der Waals surface area contributed by atoms with Crippen molar-refractivity contribution < 1.29 is 9.53 Å². The number of methoxy groups -OCH3 is 1. The number of nitrogens with one attached hydrogen (secondary N) is 1. The number of carbonyl (C=O) groups excluding carboxylic acids is 1. The highest BCUT2D eigenvalue weighted by molar-refractivity contribution is 5.79. The van der Waals surface area contributed by atoms with E-state index in [4.69, 9.17) is 4.74 Å². The molecule has 4 nitrogen and oxygen atoms in total. The molecule has 0 aliphatic carbocycles. The summed E-state index contributed by atoms with van der Waals surface area (Å²) >= 11 is 0. The van der Waals surface area contributed by atoms with Gasteiger partial charge in [0.25, 0.3) is 0 Å². The molecule has 1 saturated heterocycles. The summed E-state index contributed by atoms with van der Waals surface area (Å²) in [5.41, 5.74) is 4.86. The van der Waals surface area contributed by atoms with E-state index < -0.39 is 0 Å². The van der Waals surface area contributed by atoms with Crippen molar-refractivity contribution >= 4 is 5.91 Å². The van der Waals surface area contributed by atoms with Gasteiger partial charge in [-0.15, -0.1) is 0 Å². The molecule has 1 aliphatic rings. The third-order valence-corrected chi connectivity index (χ3v) is 6.27. The standard InChI is InChI=1S/C26H36N2O2/c1-18(2)23-16-24(19(3)15-25(23)30-5)20(4)27-26(29)22-11-13-28(14-12-22)17-21-9-7-6-8-10-21/h6-10,15-16,18,20,22H,11-14,17H2,1-5H3,(H,27,29). The van der Waals surface area contributed by atoms with E-state index >= 15 is 0 Å². The number of hydrogen-bond donors (Lipinski definition) is 1. The second-order valence-corrected chi connectivity index (χ2v) is 8.87. The molecule has 1 fully saturated rings. The van der Waals surface area contributed by atoms with Crippen LogP contribution in [0, 0.1) is 12.8 Å². The maximum atomic E-state index is 12.9. The van der Waals surface area contributed by atoms with Crippen LogP contribution in [0.2, 0.25) is 0 Å². The van der Waals surface area contributed by atoms with Gasteiger partial charge in [0.1, 0.15) is 5.75 Å². The fourth-order valence-corrected chi connectivity index (χ4v) is 4.41. The van der Waals surface area contributed by atoms with E-state index in [1.165, 1.54) is 16.7 Å². The van der Waals surface area contributed by atoms with Crippen molar-refractivity contribution in [1.29, 1.82) is 0 Å². The van der Waals surface area contributed by atoms with Gasteiger partial charge in [0, 0.05) is 12.5 Å². The second-order valence-electron chi connectivity index (χ2n) is 8.87. The summed E-state index contributed by atoms with van der Waals surface area (Å²) in [4.78, 5) is 15.4. The van der Waals surface area contributed by atoms with Crippen LogP contribution in [-0.4, -0.2) is 31.0 Å². The maximum Gasteiger partial charge on any atom is 0.223 e. The van der Waals surface area contributed by atoms with Crippen molar-refractivity contribution in [2.75, 3.05) is 20.2 Å². The Kier molecular flexibility index (Phi) is 7.54. The van der Waals surface area contributed by atoms with Gasteiger partial charge in [-0.3, -0.25) is 9.69 Å². The first-order valence-corrected chi connectivity index (χ1v) is 11.1. The minimum Gasteiger partial charge on any atom is -0.496 e. The summed E-state index contributed by atoms with van der Waals surface area (Å²) in [6.07, 6.45) is 1.84. The van der Waals surface area contributed by atoms with Crippen LogP contribution in [0.5, 0.6) is 5.75 Å². The minimum atomic E-state index is -0.0109. The molecule has 2 aromatic rings. The van der Waals surface area contributed by atoms with Crippen molar-refractivity contribution in [2.24, 2.45) is 5.92 Å². The first kappa shape index (κ1) is 22.4. The minimum absolute atomic E-state index is 0.0109. The SMILES string of the molecule is COc1cc(C)c(C(C)NC(=O)C2CCN(Cc3ccccc3)CC2)cc1C(C)C. The van der Waals surface area contributed by atoms with E-state index in [1.54, 1.807) is 7.11 Å². The molecule has 1 aliphatic heterocycles. The van der Waals surface area contributed by atoms with E-state index in [1.807, 2.05) is 0 Å². The lowest BCUT2D eigenvalue weighted by molar-refractivity contribution is -0.127. The van der Waals surface area contributed by atoms with Gasteiger partial charge in [-0.1, -0.05) is 44.2 Å². The molecule has 0 saturated carbocycles. The lowest BCUT2D eigenvalue weighted by atomic mass is 9.92. The molecule has 0 bridgehead atoms. The van der Waals surface area contributed by atoms with Gasteiger partial charge in [-0.2, -0.15) is 0 Å². The zero-order valence-corrected chi connectivity index (χ0v) is 19.1.